The number of anilines is 1. The zero-order valence-electron chi connectivity index (χ0n) is 30.0. The summed E-state index contributed by atoms with van der Waals surface area (Å²) in [4.78, 5) is 62.4. The van der Waals surface area contributed by atoms with Gasteiger partial charge in [0.05, 0.1) is 19.5 Å². The molecule has 3 fully saturated rings. The van der Waals surface area contributed by atoms with Crippen LogP contribution in [0.15, 0.2) is 83.0 Å². The predicted octanol–water partition coefficient (Wildman–Crippen LogP) is 3.93. The molecule has 19 nitrogen and oxygen atoms in total. The first-order valence-electron chi connectivity index (χ1n) is 17.5. The van der Waals surface area contributed by atoms with Crippen molar-refractivity contribution in [2.24, 2.45) is 0 Å². The molecule has 2 unspecified atom stereocenters. The summed E-state index contributed by atoms with van der Waals surface area (Å²) < 4.78 is 96.6. The highest BCUT2D eigenvalue weighted by atomic mass is 32.7. The molecular weight excluding hydrogens is 830 g/mol. The van der Waals surface area contributed by atoms with E-state index >= 15 is 8.78 Å². The summed E-state index contributed by atoms with van der Waals surface area (Å²) >= 11 is 0.612. The summed E-state index contributed by atoms with van der Waals surface area (Å²) in [5, 5.41) is 0. The van der Waals surface area contributed by atoms with Crippen molar-refractivity contribution < 1.29 is 55.2 Å². The molecule has 4 bridgehead atoms. The molecule has 0 radical (unpaired) electrons. The molecule has 5 aromatic rings. The third-order valence-corrected chi connectivity index (χ3v) is 14.2. The van der Waals surface area contributed by atoms with Crippen molar-refractivity contribution in [2.75, 3.05) is 18.9 Å². The number of nitrogens with two attached hydrogens (primary N) is 1. The lowest BCUT2D eigenvalue weighted by atomic mass is 10.0. The van der Waals surface area contributed by atoms with E-state index in [1.165, 1.54) is 10.9 Å². The third kappa shape index (κ3) is 8.09. The maximum atomic E-state index is 16.6. The summed E-state index contributed by atoms with van der Waals surface area (Å²) in [7, 11) is -5.28. The molecule has 0 saturated carbocycles. The number of halogens is 2. The number of fused-ring (bicyclic) bond motifs is 5. The van der Waals surface area contributed by atoms with Crippen LogP contribution >= 0.6 is 26.0 Å². The summed E-state index contributed by atoms with van der Waals surface area (Å²) in [6.07, 6.45) is -11.8. The molecule has 0 aliphatic carbocycles. The first kappa shape index (κ1) is 40.3. The lowest BCUT2D eigenvalue weighted by Crippen LogP contribution is -2.38. The second-order valence-corrected chi connectivity index (χ2v) is 18.9. The van der Waals surface area contributed by atoms with E-state index in [0.29, 0.717) is 32.6 Å². The van der Waals surface area contributed by atoms with Crippen LogP contribution in [0.25, 0.3) is 11.2 Å². The molecule has 10 atom stereocenters. The molecule has 2 aromatic carbocycles. The summed E-state index contributed by atoms with van der Waals surface area (Å²) in [6.45, 7) is -4.58. The molecule has 6 heterocycles. The maximum absolute atomic E-state index is 16.6. The monoisotopic (exact) mass is 863 g/mol. The normalized spacial score (nSPS) is 31.6. The van der Waals surface area contributed by atoms with Crippen LogP contribution < -0.4 is 17.0 Å². The van der Waals surface area contributed by atoms with E-state index in [9.17, 15) is 28.4 Å². The van der Waals surface area contributed by atoms with Gasteiger partial charge in [0.15, 0.2) is 42.0 Å². The number of H-pyrrole nitrogens is 1. The van der Waals surface area contributed by atoms with E-state index in [1.54, 1.807) is 36.4 Å². The van der Waals surface area contributed by atoms with Crippen LogP contribution in [0.5, 0.6) is 0 Å². The van der Waals surface area contributed by atoms with Crippen LogP contribution in [-0.2, 0) is 42.5 Å². The van der Waals surface area contributed by atoms with Crippen molar-refractivity contribution in [2.45, 2.75) is 61.9 Å². The summed E-state index contributed by atoms with van der Waals surface area (Å²) in [5.41, 5.74) is 6.71. The van der Waals surface area contributed by atoms with Gasteiger partial charge in [-0.05, 0) is 23.9 Å². The van der Waals surface area contributed by atoms with Crippen LogP contribution in [0.3, 0.4) is 0 Å². The van der Waals surface area contributed by atoms with E-state index in [-0.39, 0.29) is 28.5 Å². The van der Waals surface area contributed by atoms with Gasteiger partial charge < -0.3 is 20.1 Å². The highest BCUT2D eigenvalue weighted by molar-refractivity contribution is 8.54. The van der Waals surface area contributed by atoms with Gasteiger partial charge in [-0.25, -0.2) is 37.7 Å². The Kier molecular flexibility index (Phi) is 11.1. The minimum atomic E-state index is -5.28. The number of carbonyl (C=O) groups excluding carboxylic acids is 1. The zero-order valence-corrected chi connectivity index (χ0v) is 32.6. The van der Waals surface area contributed by atoms with Crippen molar-refractivity contribution in [1.82, 2.24) is 29.1 Å². The van der Waals surface area contributed by atoms with Crippen LogP contribution in [0.4, 0.5) is 14.6 Å². The van der Waals surface area contributed by atoms with Gasteiger partial charge in [-0.2, -0.15) is 0 Å². The Bertz CT molecular complexity index is 2560. The third-order valence-electron chi connectivity index (χ3n) is 9.54. The van der Waals surface area contributed by atoms with Crippen molar-refractivity contribution >= 4 is 48.8 Å². The molecular formula is C34H33F2N7O12P2S. The number of alkyl halides is 2. The van der Waals surface area contributed by atoms with E-state index in [0.717, 1.165) is 24.2 Å². The first-order valence-corrected chi connectivity index (χ1v) is 22.1. The van der Waals surface area contributed by atoms with E-state index in [2.05, 4.69) is 15.0 Å². The lowest BCUT2D eigenvalue weighted by molar-refractivity contribution is -0.0650. The quantitative estimate of drug-likeness (QED) is 0.155. The Labute approximate surface area is 329 Å². The fourth-order valence-electron chi connectivity index (χ4n) is 6.56. The number of rotatable bonds is 7. The molecule has 3 aromatic heterocycles. The minimum absolute atomic E-state index is 0.0120. The summed E-state index contributed by atoms with van der Waals surface area (Å²) in [5.74, 6) is -0.319. The second kappa shape index (κ2) is 15.9. The molecule has 3 aliphatic rings. The first-order chi connectivity index (χ1) is 27.7. The average Bonchev–Trinajstić information content (AvgIpc) is 3.85. The standard InChI is InChI=1S/C34H33F2N7O12P2S/c1-17-2-6-19(7-3-17)27(45)20-8-4-18(5-9-20)14-58-57(49)51-13-22-24(35)28(32(52-22)42-11-10-23(44)41-34(42)46)54-56(47,48)50-12-21-25(36)29(55-57)33(53-21)43-16-40-26-30(37)38-15-39-31(26)43/h2-11,15-16,21-22,24-25,28-29,32-33H,12-14H2,1H3,(H,47,48)(H2,37,38,39)(H,41,44,46)/t21-,22?,24-,25-,28-,29-,32-,33-,57+/m1/s1. The molecule has 4 N–H and O–H groups in total. The number of nitrogens with zero attached hydrogens (tertiary/aromatic N) is 5. The van der Waals surface area contributed by atoms with Gasteiger partial charge in [0.1, 0.15) is 36.3 Å². The Hall–Kier alpha value is -4.47. The number of hydrogen-bond acceptors (Lipinski definition) is 16. The Balaban J connectivity index is 1.12. The molecule has 306 valence electrons. The van der Waals surface area contributed by atoms with Gasteiger partial charge in [-0.3, -0.25) is 41.8 Å². The zero-order chi connectivity index (χ0) is 40.9. The van der Waals surface area contributed by atoms with Crippen molar-refractivity contribution in [3.8, 4) is 0 Å². The number of aromatic amines is 1. The SMILES string of the molecule is Cc1ccc(C(=O)c2ccc(CS[P@@]3(=O)OCC4O[C@@H](n5ccc(=O)[nH]c5=O)[C@H](OP(=O)(O)OC[C@H]5O[C@@H](n6cnc7c(N)ncnc76)[C@H](O3)[C@@H]5F)[C@@H]4F)cc2)cc1. The Morgan fingerprint density at radius 2 is 1.52 bits per heavy atom. The number of aryl methyl sites for hydroxylation is 1. The van der Waals surface area contributed by atoms with E-state index in [1.807, 2.05) is 24.0 Å². The minimum Gasteiger partial charge on any atom is -0.382 e. The topological polar surface area (TPSA) is 251 Å². The predicted molar refractivity (Wildman–Crippen MR) is 200 cm³/mol. The van der Waals surface area contributed by atoms with Gasteiger partial charge in [-0.15, -0.1) is 0 Å². The molecule has 3 aliphatic heterocycles. The molecule has 24 heteroatoms. The molecule has 8 rings (SSSR count). The van der Waals surface area contributed by atoms with Gasteiger partial charge in [-0.1, -0.05) is 54.1 Å². The molecule has 3 saturated heterocycles. The van der Waals surface area contributed by atoms with Crippen LogP contribution in [0.2, 0.25) is 0 Å². The van der Waals surface area contributed by atoms with Crippen LogP contribution in [0.1, 0.15) is 39.5 Å². The van der Waals surface area contributed by atoms with E-state index < -0.39 is 88.3 Å². The van der Waals surface area contributed by atoms with E-state index in [4.69, 9.17) is 33.3 Å². The fraction of sp³-hybridized carbons (Fsp3) is 0.353. The van der Waals surface area contributed by atoms with Crippen LogP contribution in [0, 0.1) is 6.92 Å². The van der Waals surface area contributed by atoms with Gasteiger partial charge in [0.25, 0.3) is 5.56 Å². The number of ketones is 1. The van der Waals surface area contributed by atoms with Gasteiger partial charge in [0, 0.05) is 29.1 Å². The van der Waals surface area contributed by atoms with Crippen LogP contribution in [-0.4, -0.2) is 89.7 Å². The fourth-order valence-corrected chi connectivity index (χ4v) is 10.8. The number of nitrogens with one attached hydrogen (secondary N) is 1. The number of phosphoric acid groups is 1. The summed E-state index contributed by atoms with van der Waals surface area (Å²) in [6, 6.07) is 14.4. The number of aromatic nitrogens is 6. The second-order valence-electron chi connectivity index (χ2n) is 13.4. The van der Waals surface area contributed by atoms with Gasteiger partial charge in [0.2, 0.25) is 0 Å². The van der Waals surface area contributed by atoms with Crippen molar-refractivity contribution in [3.05, 3.63) is 117 Å². The lowest BCUT2D eigenvalue weighted by Gasteiger charge is -2.27. The van der Waals surface area contributed by atoms with Crippen molar-refractivity contribution in [1.29, 1.82) is 0 Å². The number of imidazole rings is 1. The highest BCUT2D eigenvalue weighted by Crippen LogP contribution is 2.65. The molecule has 0 spiro atoms. The number of ether oxygens (including phenoxy) is 2. The highest BCUT2D eigenvalue weighted by Gasteiger charge is 2.55. The Morgan fingerprint density at radius 1 is 0.897 bits per heavy atom. The molecule has 0 amide bonds. The molecule has 58 heavy (non-hydrogen) atoms. The van der Waals surface area contributed by atoms with Gasteiger partial charge >= 0.3 is 20.3 Å². The number of hydrogen-bond donors (Lipinski definition) is 3. The number of benzene rings is 2. The maximum Gasteiger partial charge on any atom is 0.472 e. The largest absolute Gasteiger partial charge is 0.472 e. The van der Waals surface area contributed by atoms with Crippen molar-refractivity contribution in [3.63, 3.8) is 0 Å². The number of nitrogen functional groups attached to an aromatic ring is 1. The number of carbonyl (C=O) groups is 1. The smallest absolute Gasteiger partial charge is 0.382 e. The Morgan fingerprint density at radius 3 is 2.19 bits per heavy atom. The average molecular weight is 864 g/mol. The number of phosphoric ester groups is 1.